The zero-order valence-corrected chi connectivity index (χ0v) is 92.7. The summed E-state index contributed by atoms with van der Waals surface area (Å²) in [7, 11) is 0. The van der Waals surface area contributed by atoms with E-state index in [0.29, 0.717) is 135 Å². The number of carboxylic acids is 1. The number of carboxylic acid groups (broad SMARTS) is 1. The molecule has 0 spiro atoms. The molecule has 22 nitrogen and oxygen atoms in total. The topological polar surface area (TPSA) is 384 Å². The minimum atomic E-state index is -0.642. The number of nitrogens with two attached hydrogens (primary N) is 4. The highest BCUT2D eigenvalue weighted by molar-refractivity contribution is 6.41. The average Bonchev–Trinajstić information content (AvgIpc) is 1.49. The van der Waals surface area contributed by atoms with Gasteiger partial charge in [0.05, 0.1) is 23.8 Å². The SMILES string of the molecule is C.C#CCN.C#CCNC(=O)CC[C@@H](C)[C@H]1CCC2C3CCC4C[C@@H](NC(=O)CCCCCCC/C=C\CCCCCCCC)CC[C@]4(C)C3CC[C@@]21C.CCCCCCCC/C=C\CCCCCCCC(=O)N[C@H]1CC[C@@]2(C)C(CCC3C2CC[C@@]2(C)C3CC[C@@H]2[C@H](C)CCC(=O)O)C1.CCCCN.CCCCN=[N+]=[N-].CCOCC.Cl.ClCCl.ClCCl.[N-]=[N+]=NCCCN.[N-]=[N+]=NCCCN. The highest BCUT2D eigenvalue weighted by atomic mass is 35.5. The van der Waals surface area contributed by atoms with Crippen LogP contribution in [0.3, 0.4) is 0 Å². The molecule has 12 N–H and O–H groups in total. The number of ether oxygens (including phenoxy) is 1. The van der Waals surface area contributed by atoms with Crippen LogP contribution in [0.25, 0.3) is 31.3 Å². The number of amides is 3. The summed E-state index contributed by atoms with van der Waals surface area (Å²) >= 11 is 19.1. The van der Waals surface area contributed by atoms with Gasteiger partial charge in [0, 0.05) is 85.4 Å². The Bertz CT molecular complexity index is 3200. The van der Waals surface area contributed by atoms with Gasteiger partial charge in [-0.15, -0.1) is 71.7 Å². The van der Waals surface area contributed by atoms with Gasteiger partial charge in [0.2, 0.25) is 17.7 Å². The number of alkyl halides is 4. The number of rotatable bonds is 54. The Morgan fingerprint density at radius 2 is 0.754 bits per heavy atom. The Kier molecular flexibility index (Phi) is 93.8. The van der Waals surface area contributed by atoms with Crippen molar-refractivity contribution in [1.82, 2.24) is 16.0 Å². The summed E-state index contributed by atoms with van der Waals surface area (Å²) in [6, 6.07) is 0.763. The minimum absolute atomic E-state index is 0. The van der Waals surface area contributed by atoms with Crippen LogP contribution in [0.4, 0.5) is 0 Å². The molecule has 8 saturated carbocycles. The summed E-state index contributed by atoms with van der Waals surface area (Å²) in [4.78, 5) is 57.0. The van der Waals surface area contributed by atoms with Crippen molar-refractivity contribution in [3.8, 4) is 24.7 Å². The number of hydrogen-bond acceptors (Lipinski definition) is 12. The van der Waals surface area contributed by atoms with Crippen LogP contribution in [-0.4, -0.2) is 117 Å². The first-order valence-electron chi connectivity index (χ1n) is 54.6. The number of carbonyl (C=O) groups excluding carboxylic acids is 3. The van der Waals surface area contributed by atoms with Crippen molar-refractivity contribution < 1.29 is 29.0 Å². The lowest BCUT2D eigenvalue weighted by atomic mass is 9.44. The fraction of sp³-hybridized carbons (Fsp3) is 0.892. The quantitative estimate of drug-likeness (QED) is 0.00541. The van der Waals surface area contributed by atoms with E-state index in [1.54, 1.807) is 0 Å². The summed E-state index contributed by atoms with van der Waals surface area (Å²) in [6.07, 6.45) is 86.9. The maximum Gasteiger partial charge on any atom is 0.303 e. The lowest BCUT2D eigenvalue weighted by Crippen LogP contribution is -2.55. The zero-order valence-electron chi connectivity index (χ0n) is 88.9. The van der Waals surface area contributed by atoms with E-state index in [2.05, 4.69) is 158 Å². The number of halogens is 5. The third-order valence-electron chi connectivity index (χ3n) is 31.8. The molecule has 138 heavy (non-hydrogen) atoms. The average molecular weight is 2040 g/mol. The second-order valence-corrected chi connectivity index (χ2v) is 42.6. The van der Waals surface area contributed by atoms with Gasteiger partial charge in [0.15, 0.2) is 0 Å². The van der Waals surface area contributed by atoms with Crippen molar-refractivity contribution in [1.29, 1.82) is 0 Å². The van der Waals surface area contributed by atoms with Crippen molar-refractivity contribution in [2.24, 2.45) is 131 Å². The fourth-order valence-electron chi connectivity index (χ4n) is 24.5. The highest BCUT2D eigenvalue weighted by Gasteiger charge is 2.63. The second-order valence-electron chi connectivity index (χ2n) is 41.0. The Morgan fingerprint density at radius 1 is 0.435 bits per heavy atom. The van der Waals surface area contributed by atoms with Crippen LogP contribution >= 0.6 is 58.8 Å². The smallest absolute Gasteiger partial charge is 0.303 e. The molecule has 8 aliphatic rings. The number of hydrogen-bond donors (Lipinski definition) is 8. The number of nitrogens with one attached hydrogen (secondary N) is 3. The Balaban J connectivity index is -0.000000916. The first-order chi connectivity index (χ1) is 65.7. The van der Waals surface area contributed by atoms with E-state index >= 15 is 0 Å². The van der Waals surface area contributed by atoms with E-state index in [9.17, 15) is 24.3 Å². The van der Waals surface area contributed by atoms with Gasteiger partial charge in [-0.25, -0.2) is 0 Å². The summed E-state index contributed by atoms with van der Waals surface area (Å²) in [6.45, 7) is 34.0. The van der Waals surface area contributed by atoms with Crippen molar-refractivity contribution in [2.45, 2.75) is 462 Å². The van der Waals surface area contributed by atoms with Gasteiger partial charge in [0.1, 0.15) is 0 Å². The molecule has 804 valence electrons. The van der Waals surface area contributed by atoms with Crippen molar-refractivity contribution >= 4 is 82.5 Å². The van der Waals surface area contributed by atoms with E-state index in [-0.39, 0.29) is 36.4 Å². The largest absolute Gasteiger partial charge is 0.481 e. The first kappa shape index (κ1) is 140. The molecule has 8 aliphatic carbocycles. The molecule has 0 heterocycles. The molecule has 0 aromatic rings. The van der Waals surface area contributed by atoms with Gasteiger partial charge >= 0.3 is 5.97 Å². The van der Waals surface area contributed by atoms with Gasteiger partial charge < -0.3 is 48.7 Å². The molecule has 8 unspecified atom stereocenters. The first-order valence-corrected chi connectivity index (χ1v) is 56.8. The van der Waals surface area contributed by atoms with Crippen LogP contribution in [0.1, 0.15) is 450 Å². The molecule has 3 amide bonds. The van der Waals surface area contributed by atoms with E-state index in [0.717, 1.165) is 137 Å². The summed E-state index contributed by atoms with van der Waals surface area (Å²) in [5, 5.41) is 29.3. The van der Waals surface area contributed by atoms with Crippen molar-refractivity contribution in [3.63, 3.8) is 0 Å². The standard InChI is InChI=1S/C45H76N2O2.C42H73NO3.C4H9N3.C4H11N.C4H10O.2C3H8N4.C3H5N.2CH2Cl2.CH4.ClH/c1-6-8-9-10-11-12-13-14-15-16-17-18-19-20-21-22-43(49)47-37-29-31-44(4)36(34-37)24-25-38-40-27-26-39(45(40,5)32-30-41(38)44)35(3)23-28-42(48)46-33-7-2;1-5-6-7-8-9-10-11-12-13-14-15-16-17-18-19-20-39(44)43-34-27-29-41(3)33(31-34)22-23-35-37-25-24-36(32(2)21-26-40(45)46)42(37,4)30-28-38(35)41;1-2-3-4-6-7-5;1-2-3-4-5;1-3-5-4-2;2*4-2-1-3-6-7-5;1-2-3-4;2*2-1-3;;/h2,14-15,35-41H,6,8-13,16-34H2,1,3-5H3,(H,46,48)(H,47,49);12-13,32-38H,5-11,14-31H2,1-4H3,(H,43,44)(H,45,46);2-4H2,1H3;2-5H2,1H3;3-4H2,1-2H3;2*1-4H2;1H,3-4H2;2*1H2;1H4;1H/b15-14-;13-12-;;;;;;;;;;/t35-,36?,37+,38?,39-,40?,41?,44+,45-;32-,33?,34+,35?,36-,37?,38?,41+,42-;;;;;;;;;;/m11........../s1. The summed E-state index contributed by atoms with van der Waals surface area (Å²) in [5.74, 6) is 13.9. The molecule has 0 aliphatic heterocycles. The predicted octanol–water partition coefficient (Wildman–Crippen LogP) is 31.7. The number of unbranched alkanes of at least 4 members (excludes halogenated alkanes) is 24. The maximum absolute atomic E-state index is 12.9. The van der Waals surface area contributed by atoms with E-state index in [1.165, 1.54) is 270 Å². The molecule has 18 atom stereocenters. The Morgan fingerprint density at radius 3 is 1.06 bits per heavy atom. The lowest BCUT2D eigenvalue weighted by Gasteiger charge is -2.61. The van der Waals surface area contributed by atoms with Gasteiger partial charge in [-0.05, 0) is 361 Å². The third kappa shape index (κ3) is 60.6. The molecule has 0 radical (unpaired) electrons. The molecule has 27 heteroatoms. The predicted molar refractivity (Wildman–Crippen MR) is 595 cm³/mol. The van der Waals surface area contributed by atoms with Crippen LogP contribution < -0.4 is 38.9 Å². The van der Waals surface area contributed by atoms with Gasteiger partial charge in [-0.2, -0.15) is 0 Å². The van der Waals surface area contributed by atoms with Crippen molar-refractivity contribution in [2.75, 3.05) is 76.3 Å². The molecule has 0 aromatic carbocycles. The normalized spacial score (nSPS) is 25.3. The minimum Gasteiger partial charge on any atom is -0.481 e. The molecular weight excluding hydrogens is 1830 g/mol. The van der Waals surface area contributed by atoms with E-state index in [1.807, 2.05) is 13.8 Å². The molecule has 0 bridgehead atoms. The van der Waals surface area contributed by atoms with Gasteiger partial charge in [-0.1, -0.05) is 244 Å². The molecule has 8 fully saturated rings. The summed E-state index contributed by atoms with van der Waals surface area (Å²) < 4.78 is 4.83. The maximum atomic E-state index is 12.9. The van der Waals surface area contributed by atoms with Gasteiger partial charge in [0.25, 0.3) is 0 Å². The van der Waals surface area contributed by atoms with Crippen molar-refractivity contribution in [3.05, 3.63) is 55.6 Å². The second kappa shape index (κ2) is 92.5. The number of nitrogens with zero attached hydrogens (tertiary/aromatic N) is 9. The van der Waals surface area contributed by atoms with Crippen LogP contribution in [0.5, 0.6) is 0 Å². The number of carbonyl (C=O) groups is 4. The number of fused-ring (bicyclic) bond motifs is 10. The van der Waals surface area contributed by atoms with E-state index in [4.69, 9.17) is 97.1 Å². The lowest BCUT2D eigenvalue weighted by molar-refractivity contribution is -0.138. The summed E-state index contributed by atoms with van der Waals surface area (Å²) in [5.41, 5.74) is 45.0. The van der Waals surface area contributed by atoms with Crippen LogP contribution in [0.2, 0.25) is 0 Å². The zero-order chi connectivity index (χ0) is 102. The number of azide groups is 3. The Hall–Kier alpha value is -4.34. The number of allylic oxidation sites excluding steroid dienone is 4. The monoisotopic (exact) mass is 2040 g/mol. The molecule has 0 aromatic heterocycles. The number of aliphatic carboxylic acids is 1. The molecule has 8 rings (SSSR count). The number of terminal acetylenes is 2. The highest BCUT2D eigenvalue weighted by Crippen LogP contribution is 2.70. The van der Waals surface area contributed by atoms with Crippen LogP contribution in [0.15, 0.2) is 39.6 Å². The Labute approximate surface area is 871 Å². The van der Waals surface area contributed by atoms with Crippen LogP contribution in [-0.2, 0) is 23.9 Å². The fourth-order valence-corrected chi connectivity index (χ4v) is 24.5. The molecule has 0 saturated heterocycles. The van der Waals surface area contributed by atoms with Crippen LogP contribution in [0, 0.1) is 117 Å². The molecular formula is C111H209Cl5N16O6. The van der Waals surface area contributed by atoms with E-state index < -0.39 is 5.97 Å². The van der Waals surface area contributed by atoms with Gasteiger partial charge in [-0.3, -0.25) is 19.2 Å². The third-order valence-corrected chi connectivity index (χ3v) is 31.8.